The smallest absolute Gasteiger partial charge is 0.344 e. The van der Waals surface area contributed by atoms with E-state index in [1.165, 1.54) is 5.56 Å². The second-order valence-corrected chi connectivity index (χ2v) is 5.13. The maximum atomic E-state index is 12.3. The molecule has 2 aromatic rings. The first-order valence-electron chi connectivity index (χ1n) is 7.91. The Balaban J connectivity index is 1.97. The van der Waals surface area contributed by atoms with Crippen LogP contribution in [0.3, 0.4) is 0 Å². The highest BCUT2D eigenvalue weighted by Crippen LogP contribution is 2.18. The Hall–Kier alpha value is -2.82. The van der Waals surface area contributed by atoms with Crippen LogP contribution in [0.1, 0.15) is 29.8 Å². The van der Waals surface area contributed by atoms with Gasteiger partial charge in [-0.15, -0.1) is 0 Å². The van der Waals surface area contributed by atoms with Gasteiger partial charge in [-0.05, 0) is 43.2 Å². The number of nitrogens with one attached hydrogen (secondary N) is 1. The Morgan fingerprint density at radius 2 is 1.79 bits per heavy atom. The molecule has 0 heterocycles. The molecule has 0 bridgehead atoms. The van der Waals surface area contributed by atoms with Crippen LogP contribution in [0, 0.1) is 0 Å². The molecule has 0 saturated heterocycles. The van der Waals surface area contributed by atoms with Gasteiger partial charge in [-0.3, -0.25) is 4.79 Å². The first-order valence-corrected chi connectivity index (χ1v) is 7.91. The SMILES string of the molecule is CCOC(=O)COc1cccc(NC(=O)c2ccc(CC)cc2)c1. The first kappa shape index (κ1) is 17.5. The van der Waals surface area contributed by atoms with Gasteiger partial charge >= 0.3 is 5.97 Å². The van der Waals surface area contributed by atoms with Crippen LogP contribution in [-0.2, 0) is 16.0 Å². The summed E-state index contributed by atoms with van der Waals surface area (Å²) in [5, 5.41) is 2.81. The molecule has 0 spiro atoms. The van der Waals surface area contributed by atoms with Crippen LogP contribution in [0.2, 0.25) is 0 Å². The van der Waals surface area contributed by atoms with Crippen LogP contribution < -0.4 is 10.1 Å². The maximum Gasteiger partial charge on any atom is 0.344 e. The zero-order chi connectivity index (χ0) is 17.4. The number of esters is 1. The fourth-order valence-electron chi connectivity index (χ4n) is 2.10. The van der Waals surface area contributed by atoms with Crippen molar-refractivity contribution in [2.24, 2.45) is 0 Å². The largest absolute Gasteiger partial charge is 0.482 e. The number of anilines is 1. The van der Waals surface area contributed by atoms with Gasteiger partial charge < -0.3 is 14.8 Å². The fourth-order valence-corrected chi connectivity index (χ4v) is 2.10. The van der Waals surface area contributed by atoms with Gasteiger partial charge in [-0.1, -0.05) is 25.1 Å². The van der Waals surface area contributed by atoms with Crippen molar-refractivity contribution in [2.75, 3.05) is 18.5 Å². The van der Waals surface area contributed by atoms with Gasteiger partial charge in [0.05, 0.1) is 6.61 Å². The Morgan fingerprint density at radius 1 is 1.04 bits per heavy atom. The van der Waals surface area contributed by atoms with E-state index in [4.69, 9.17) is 9.47 Å². The molecule has 0 aliphatic heterocycles. The van der Waals surface area contributed by atoms with Gasteiger partial charge in [0.2, 0.25) is 0 Å². The van der Waals surface area contributed by atoms with Crippen molar-refractivity contribution in [1.82, 2.24) is 0 Å². The molecule has 1 N–H and O–H groups in total. The number of ether oxygens (including phenoxy) is 2. The monoisotopic (exact) mass is 327 g/mol. The van der Waals surface area contributed by atoms with E-state index in [0.717, 1.165) is 6.42 Å². The standard InChI is InChI=1S/C19H21NO4/c1-3-14-8-10-15(11-9-14)19(22)20-16-6-5-7-17(12-16)24-13-18(21)23-4-2/h5-12H,3-4,13H2,1-2H3,(H,20,22). The van der Waals surface area contributed by atoms with E-state index in [1.54, 1.807) is 43.3 Å². The molecule has 2 rings (SSSR count). The normalized spacial score (nSPS) is 10.1. The summed E-state index contributed by atoms with van der Waals surface area (Å²) >= 11 is 0. The van der Waals surface area contributed by atoms with Crippen molar-refractivity contribution in [3.05, 3.63) is 59.7 Å². The molecule has 5 heteroatoms. The van der Waals surface area contributed by atoms with Crippen LogP contribution in [0.5, 0.6) is 5.75 Å². The van der Waals surface area contributed by atoms with E-state index >= 15 is 0 Å². The molecule has 0 radical (unpaired) electrons. The Kier molecular flexibility index (Phi) is 6.37. The van der Waals surface area contributed by atoms with Gasteiger partial charge in [0, 0.05) is 17.3 Å². The number of hydrogen-bond acceptors (Lipinski definition) is 4. The molecule has 24 heavy (non-hydrogen) atoms. The first-order chi connectivity index (χ1) is 11.6. The van der Waals surface area contributed by atoms with Crippen molar-refractivity contribution in [3.8, 4) is 5.75 Å². The topological polar surface area (TPSA) is 64.6 Å². The minimum Gasteiger partial charge on any atom is -0.482 e. The van der Waals surface area contributed by atoms with E-state index in [0.29, 0.717) is 23.6 Å². The Bertz CT molecular complexity index is 695. The highest BCUT2D eigenvalue weighted by Gasteiger charge is 2.08. The molecular formula is C19H21NO4. The van der Waals surface area contributed by atoms with Crippen molar-refractivity contribution >= 4 is 17.6 Å². The van der Waals surface area contributed by atoms with Crippen molar-refractivity contribution in [2.45, 2.75) is 20.3 Å². The van der Waals surface area contributed by atoms with Gasteiger partial charge in [0.1, 0.15) is 5.75 Å². The summed E-state index contributed by atoms with van der Waals surface area (Å²) < 4.78 is 10.2. The van der Waals surface area contributed by atoms with E-state index in [9.17, 15) is 9.59 Å². The summed E-state index contributed by atoms with van der Waals surface area (Å²) in [7, 11) is 0. The second kappa shape index (κ2) is 8.72. The molecule has 0 atom stereocenters. The van der Waals surface area contributed by atoms with Crippen LogP contribution >= 0.6 is 0 Å². The zero-order valence-corrected chi connectivity index (χ0v) is 13.9. The van der Waals surface area contributed by atoms with Crippen molar-refractivity contribution in [1.29, 1.82) is 0 Å². The predicted octanol–water partition coefficient (Wildman–Crippen LogP) is 3.44. The molecule has 126 valence electrons. The molecule has 0 saturated carbocycles. The lowest BCUT2D eigenvalue weighted by Crippen LogP contribution is -2.15. The third-order valence-electron chi connectivity index (χ3n) is 3.38. The highest BCUT2D eigenvalue weighted by atomic mass is 16.6. The molecule has 0 aliphatic carbocycles. The average Bonchev–Trinajstić information content (AvgIpc) is 2.60. The lowest BCUT2D eigenvalue weighted by Gasteiger charge is -2.09. The van der Waals surface area contributed by atoms with Gasteiger partial charge in [0.25, 0.3) is 5.91 Å². The summed E-state index contributed by atoms with van der Waals surface area (Å²) in [6.07, 6.45) is 0.932. The number of carbonyl (C=O) groups is 2. The van der Waals surface area contributed by atoms with Crippen LogP contribution in [0.25, 0.3) is 0 Å². The zero-order valence-electron chi connectivity index (χ0n) is 13.9. The number of hydrogen-bond donors (Lipinski definition) is 1. The van der Waals surface area contributed by atoms with Crippen molar-refractivity contribution in [3.63, 3.8) is 0 Å². The molecule has 0 aromatic heterocycles. The number of benzene rings is 2. The maximum absolute atomic E-state index is 12.3. The van der Waals surface area contributed by atoms with Crippen molar-refractivity contribution < 1.29 is 19.1 Å². The molecule has 0 aliphatic rings. The summed E-state index contributed by atoms with van der Waals surface area (Å²) in [6, 6.07) is 14.4. The minimum atomic E-state index is -0.428. The summed E-state index contributed by atoms with van der Waals surface area (Å²) in [4.78, 5) is 23.5. The van der Waals surface area contributed by atoms with Crippen LogP contribution in [0.4, 0.5) is 5.69 Å². The number of carbonyl (C=O) groups excluding carboxylic acids is 2. The third-order valence-corrected chi connectivity index (χ3v) is 3.38. The average molecular weight is 327 g/mol. The summed E-state index contributed by atoms with van der Waals surface area (Å²) in [6.45, 7) is 3.96. The number of amides is 1. The van der Waals surface area contributed by atoms with Gasteiger partial charge in [-0.2, -0.15) is 0 Å². The Morgan fingerprint density at radius 3 is 2.46 bits per heavy atom. The van der Waals surface area contributed by atoms with E-state index in [2.05, 4.69) is 12.2 Å². The molecular weight excluding hydrogens is 306 g/mol. The highest BCUT2D eigenvalue weighted by molar-refractivity contribution is 6.04. The Labute approximate surface area is 141 Å². The summed E-state index contributed by atoms with van der Waals surface area (Å²) in [5.74, 6) is -0.134. The number of aryl methyl sites for hydroxylation is 1. The predicted molar refractivity (Wildman–Crippen MR) is 92.3 cm³/mol. The van der Waals surface area contributed by atoms with Crippen LogP contribution in [-0.4, -0.2) is 25.1 Å². The fraction of sp³-hybridized carbons (Fsp3) is 0.263. The summed E-state index contributed by atoms with van der Waals surface area (Å²) in [5.41, 5.74) is 2.37. The molecule has 1 amide bonds. The minimum absolute atomic E-state index is 0.163. The third kappa shape index (κ3) is 5.12. The van der Waals surface area contributed by atoms with Gasteiger partial charge in [0.15, 0.2) is 6.61 Å². The van der Waals surface area contributed by atoms with E-state index in [-0.39, 0.29) is 12.5 Å². The lowest BCUT2D eigenvalue weighted by atomic mass is 10.1. The number of rotatable bonds is 7. The molecule has 5 nitrogen and oxygen atoms in total. The molecule has 2 aromatic carbocycles. The van der Waals surface area contributed by atoms with E-state index < -0.39 is 5.97 Å². The quantitative estimate of drug-likeness (QED) is 0.791. The second-order valence-electron chi connectivity index (χ2n) is 5.13. The lowest BCUT2D eigenvalue weighted by molar-refractivity contribution is -0.145. The molecule has 0 fully saturated rings. The van der Waals surface area contributed by atoms with Crippen LogP contribution in [0.15, 0.2) is 48.5 Å². The van der Waals surface area contributed by atoms with Gasteiger partial charge in [-0.25, -0.2) is 4.79 Å². The molecule has 0 unspecified atom stereocenters. The van der Waals surface area contributed by atoms with E-state index in [1.807, 2.05) is 12.1 Å².